The number of benzene rings is 1. The number of hydrogen-bond acceptors (Lipinski definition) is 4. The molecule has 1 aromatic rings. The van der Waals surface area contributed by atoms with Crippen molar-refractivity contribution in [3.63, 3.8) is 0 Å². The molecule has 0 N–H and O–H groups in total. The first-order chi connectivity index (χ1) is 8.25. The Morgan fingerprint density at radius 3 is 2.76 bits per heavy atom. The van der Waals surface area contributed by atoms with E-state index in [1.807, 2.05) is 30.3 Å². The zero-order valence-corrected chi connectivity index (χ0v) is 9.22. The van der Waals surface area contributed by atoms with E-state index in [1.165, 1.54) is 6.26 Å². The second-order valence-corrected chi connectivity index (χ2v) is 3.68. The standard InChI is InChI=1S/C13H12O4/c14-12(8-10-4-2-1-3-5-10)17-9-11-6-7-16-13(11)15/h1-5,9H,6-8H2. The van der Waals surface area contributed by atoms with Crippen molar-refractivity contribution in [2.75, 3.05) is 6.61 Å². The summed E-state index contributed by atoms with van der Waals surface area (Å²) in [5.74, 6) is -0.791. The van der Waals surface area contributed by atoms with E-state index in [-0.39, 0.29) is 12.4 Å². The summed E-state index contributed by atoms with van der Waals surface area (Å²) in [6.45, 7) is 0.362. The Bertz CT molecular complexity index is 448. The Hall–Kier alpha value is -2.10. The lowest BCUT2D eigenvalue weighted by Gasteiger charge is -2.00. The van der Waals surface area contributed by atoms with Crippen molar-refractivity contribution in [2.24, 2.45) is 0 Å². The highest BCUT2D eigenvalue weighted by molar-refractivity contribution is 5.90. The first-order valence-corrected chi connectivity index (χ1v) is 5.35. The smallest absolute Gasteiger partial charge is 0.337 e. The lowest BCUT2D eigenvalue weighted by Crippen LogP contribution is -2.05. The van der Waals surface area contributed by atoms with Crippen LogP contribution in [0.25, 0.3) is 0 Å². The molecule has 17 heavy (non-hydrogen) atoms. The Kier molecular flexibility index (Phi) is 3.55. The third-order valence-corrected chi connectivity index (χ3v) is 2.39. The number of hydrogen-bond donors (Lipinski definition) is 0. The van der Waals surface area contributed by atoms with Gasteiger partial charge in [-0.05, 0) is 5.56 Å². The third kappa shape index (κ3) is 3.17. The van der Waals surface area contributed by atoms with Crippen LogP contribution in [0.1, 0.15) is 12.0 Å². The summed E-state index contributed by atoms with van der Waals surface area (Å²) in [5, 5.41) is 0. The summed E-state index contributed by atoms with van der Waals surface area (Å²) >= 11 is 0. The second kappa shape index (κ2) is 5.30. The van der Waals surface area contributed by atoms with Crippen molar-refractivity contribution in [3.05, 3.63) is 47.7 Å². The molecule has 0 aliphatic carbocycles. The Labute approximate surface area is 98.8 Å². The highest BCUT2D eigenvalue weighted by Gasteiger charge is 2.19. The van der Waals surface area contributed by atoms with E-state index in [1.54, 1.807) is 0 Å². The Morgan fingerprint density at radius 2 is 2.12 bits per heavy atom. The highest BCUT2D eigenvalue weighted by atomic mass is 16.5. The fourth-order valence-corrected chi connectivity index (χ4v) is 1.50. The largest absolute Gasteiger partial charge is 0.462 e. The molecule has 1 aromatic carbocycles. The van der Waals surface area contributed by atoms with E-state index in [0.717, 1.165) is 5.56 Å². The van der Waals surface area contributed by atoms with E-state index in [2.05, 4.69) is 0 Å². The van der Waals surface area contributed by atoms with Gasteiger partial charge in [0.15, 0.2) is 0 Å². The van der Waals surface area contributed by atoms with Crippen molar-refractivity contribution < 1.29 is 19.1 Å². The van der Waals surface area contributed by atoms with Gasteiger partial charge in [0.05, 0.1) is 18.6 Å². The van der Waals surface area contributed by atoms with Crippen LogP contribution in [-0.4, -0.2) is 18.5 Å². The maximum atomic E-state index is 11.5. The third-order valence-electron chi connectivity index (χ3n) is 2.39. The van der Waals surface area contributed by atoms with E-state index in [9.17, 15) is 9.59 Å². The number of esters is 2. The lowest BCUT2D eigenvalue weighted by molar-refractivity contribution is -0.137. The Morgan fingerprint density at radius 1 is 1.35 bits per heavy atom. The van der Waals surface area contributed by atoms with Gasteiger partial charge in [-0.3, -0.25) is 4.79 Å². The molecule has 0 saturated carbocycles. The molecule has 0 spiro atoms. The fraction of sp³-hybridized carbons (Fsp3) is 0.231. The minimum atomic E-state index is -0.405. The summed E-state index contributed by atoms with van der Waals surface area (Å²) in [6.07, 6.45) is 1.89. The maximum absolute atomic E-state index is 11.5. The normalized spacial score (nSPS) is 16.9. The molecule has 2 rings (SSSR count). The summed E-state index contributed by atoms with van der Waals surface area (Å²) in [7, 11) is 0. The van der Waals surface area contributed by atoms with Crippen molar-refractivity contribution in [1.82, 2.24) is 0 Å². The minimum Gasteiger partial charge on any atom is -0.462 e. The molecule has 0 unspecified atom stereocenters. The average Bonchev–Trinajstić information content (AvgIpc) is 2.74. The Balaban J connectivity index is 1.88. The van der Waals surface area contributed by atoms with Gasteiger partial charge in [0, 0.05) is 6.42 Å². The molecular weight excluding hydrogens is 220 g/mol. The van der Waals surface area contributed by atoms with Crippen molar-refractivity contribution >= 4 is 11.9 Å². The molecule has 0 radical (unpaired) electrons. The van der Waals surface area contributed by atoms with Gasteiger partial charge in [0.1, 0.15) is 6.26 Å². The zero-order valence-electron chi connectivity index (χ0n) is 9.22. The lowest BCUT2D eigenvalue weighted by atomic mass is 10.2. The molecule has 1 heterocycles. The van der Waals surface area contributed by atoms with Crippen LogP contribution in [0.3, 0.4) is 0 Å². The van der Waals surface area contributed by atoms with Crippen LogP contribution in [0.5, 0.6) is 0 Å². The van der Waals surface area contributed by atoms with Gasteiger partial charge in [-0.1, -0.05) is 30.3 Å². The molecule has 0 atom stereocenters. The first-order valence-electron chi connectivity index (χ1n) is 5.35. The van der Waals surface area contributed by atoms with Crippen LogP contribution in [0.4, 0.5) is 0 Å². The van der Waals surface area contributed by atoms with Gasteiger partial charge < -0.3 is 9.47 Å². The molecule has 1 aliphatic heterocycles. The number of carbonyl (C=O) groups is 2. The minimum absolute atomic E-state index is 0.194. The van der Waals surface area contributed by atoms with E-state index in [4.69, 9.17) is 9.47 Å². The maximum Gasteiger partial charge on any atom is 0.337 e. The van der Waals surface area contributed by atoms with Gasteiger partial charge in [-0.2, -0.15) is 0 Å². The van der Waals surface area contributed by atoms with Crippen LogP contribution in [0.2, 0.25) is 0 Å². The SMILES string of the molecule is O=C(Cc1ccccc1)OC=C1CCOC1=O. The van der Waals surface area contributed by atoms with E-state index >= 15 is 0 Å². The summed E-state index contributed by atoms with van der Waals surface area (Å²) in [4.78, 5) is 22.5. The number of carbonyl (C=O) groups excluding carboxylic acids is 2. The summed E-state index contributed by atoms with van der Waals surface area (Å²) in [6, 6.07) is 9.28. The molecule has 1 fully saturated rings. The van der Waals surface area contributed by atoms with E-state index in [0.29, 0.717) is 18.6 Å². The summed E-state index contributed by atoms with van der Waals surface area (Å²) < 4.78 is 9.62. The number of rotatable bonds is 3. The molecule has 4 heteroatoms. The highest BCUT2D eigenvalue weighted by Crippen LogP contribution is 2.13. The second-order valence-electron chi connectivity index (χ2n) is 3.68. The van der Waals surface area contributed by atoms with Gasteiger partial charge in [0.25, 0.3) is 0 Å². The molecule has 0 aromatic heterocycles. The van der Waals surface area contributed by atoms with Crippen LogP contribution in [0.15, 0.2) is 42.2 Å². The van der Waals surface area contributed by atoms with Gasteiger partial charge in [0.2, 0.25) is 0 Å². The van der Waals surface area contributed by atoms with Crippen LogP contribution in [0, 0.1) is 0 Å². The zero-order chi connectivity index (χ0) is 12.1. The van der Waals surface area contributed by atoms with Crippen LogP contribution in [-0.2, 0) is 25.5 Å². The topological polar surface area (TPSA) is 52.6 Å². The molecule has 88 valence electrons. The molecule has 1 saturated heterocycles. The number of ether oxygens (including phenoxy) is 2. The van der Waals surface area contributed by atoms with E-state index < -0.39 is 5.97 Å². The molecule has 1 aliphatic rings. The fourth-order valence-electron chi connectivity index (χ4n) is 1.50. The van der Waals surface area contributed by atoms with Crippen molar-refractivity contribution in [2.45, 2.75) is 12.8 Å². The molecule has 4 nitrogen and oxygen atoms in total. The van der Waals surface area contributed by atoms with Gasteiger partial charge in [-0.25, -0.2) is 4.79 Å². The van der Waals surface area contributed by atoms with Crippen LogP contribution < -0.4 is 0 Å². The molecule has 0 bridgehead atoms. The monoisotopic (exact) mass is 232 g/mol. The summed E-state index contributed by atoms with van der Waals surface area (Å²) in [5.41, 5.74) is 1.29. The quantitative estimate of drug-likeness (QED) is 0.451. The predicted molar refractivity (Wildman–Crippen MR) is 59.9 cm³/mol. The van der Waals surface area contributed by atoms with Crippen molar-refractivity contribution in [1.29, 1.82) is 0 Å². The molecule has 0 amide bonds. The van der Waals surface area contributed by atoms with Crippen LogP contribution >= 0.6 is 0 Å². The van der Waals surface area contributed by atoms with Gasteiger partial charge in [-0.15, -0.1) is 0 Å². The predicted octanol–water partition coefficient (Wildman–Crippen LogP) is 1.60. The average molecular weight is 232 g/mol. The van der Waals surface area contributed by atoms with Gasteiger partial charge >= 0.3 is 11.9 Å². The van der Waals surface area contributed by atoms with Crippen molar-refractivity contribution in [3.8, 4) is 0 Å². The number of cyclic esters (lactones) is 1. The molecular formula is C13H12O4. The first kappa shape index (κ1) is 11.4.